The van der Waals surface area contributed by atoms with E-state index in [1.54, 1.807) is 30.0 Å². The van der Waals surface area contributed by atoms with Crippen LogP contribution in [0.3, 0.4) is 0 Å². The van der Waals surface area contributed by atoms with Crippen molar-refractivity contribution in [1.29, 1.82) is 0 Å². The van der Waals surface area contributed by atoms with Gasteiger partial charge in [-0.3, -0.25) is 9.52 Å². The highest BCUT2D eigenvalue weighted by atomic mass is 35.5. The van der Waals surface area contributed by atoms with Crippen molar-refractivity contribution in [3.8, 4) is 0 Å². The third-order valence-corrected chi connectivity index (χ3v) is 5.87. The van der Waals surface area contributed by atoms with Gasteiger partial charge >= 0.3 is 0 Å². The molecule has 3 rings (SSSR count). The summed E-state index contributed by atoms with van der Waals surface area (Å²) in [5.74, 6) is -0.144. The number of halogens is 1. The maximum absolute atomic E-state index is 12.8. The summed E-state index contributed by atoms with van der Waals surface area (Å²) < 4.78 is 27.9. The van der Waals surface area contributed by atoms with E-state index in [1.165, 1.54) is 24.3 Å². The van der Waals surface area contributed by atoms with E-state index in [2.05, 4.69) is 4.72 Å². The largest absolute Gasteiger partial charge is 0.339 e. The van der Waals surface area contributed by atoms with Crippen molar-refractivity contribution in [2.45, 2.75) is 24.7 Å². The molecule has 2 aromatic carbocycles. The molecule has 7 heteroatoms. The van der Waals surface area contributed by atoms with Gasteiger partial charge in [0.25, 0.3) is 15.9 Å². The van der Waals surface area contributed by atoms with E-state index in [-0.39, 0.29) is 10.8 Å². The van der Waals surface area contributed by atoms with E-state index in [4.69, 9.17) is 11.6 Å². The highest BCUT2D eigenvalue weighted by Crippen LogP contribution is 2.27. The molecule has 1 aliphatic rings. The highest BCUT2D eigenvalue weighted by Gasteiger charge is 2.25. The Kier molecular flexibility index (Phi) is 5.01. The Morgan fingerprint density at radius 2 is 1.72 bits per heavy atom. The molecule has 1 aliphatic heterocycles. The zero-order valence-electron chi connectivity index (χ0n) is 13.8. The van der Waals surface area contributed by atoms with E-state index in [1.807, 2.05) is 0 Å². The minimum Gasteiger partial charge on any atom is -0.339 e. The van der Waals surface area contributed by atoms with Crippen molar-refractivity contribution < 1.29 is 13.2 Å². The number of likely N-dealkylation sites (tertiary alicyclic amines) is 1. The minimum atomic E-state index is -3.81. The topological polar surface area (TPSA) is 66.5 Å². The Morgan fingerprint density at radius 3 is 2.36 bits per heavy atom. The molecule has 5 nitrogen and oxygen atoms in total. The first kappa shape index (κ1) is 17.8. The van der Waals surface area contributed by atoms with E-state index in [0.717, 1.165) is 12.8 Å². The second-order valence-electron chi connectivity index (χ2n) is 6.06. The summed E-state index contributed by atoms with van der Waals surface area (Å²) >= 11 is 5.82. The van der Waals surface area contributed by atoms with Gasteiger partial charge in [0.15, 0.2) is 0 Å². The lowest BCUT2D eigenvalue weighted by Crippen LogP contribution is -2.29. The molecule has 2 aromatic rings. The van der Waals surface area contributed by atoms with Crippen LogP contribution in [0.4, 0.5) is 5.69 Å². The molecule has 0 atom stereocenters. The predicted octanol–water partition coefficient (Wildman–Crippen LogP) is 3.69. The summed E-state index contributed by atoms with van der Waals surface area (Å²) in [4.78, 5) is 14.6. The van der Waals surface area contributed by atoms with Gasteiger partial charge in [-0.1, -0.05) is 23.7 Å². The number of nitrogens with zero attached hydrogens (tertiary/aromatic N) is 1. The molecule has 0 saturated carbocycles. The van der Waals surface area contributed by atoms with E-state index in [0.29, 0.717) is 34.9 Å². The molecule has 1 heterocycles. The average molecular weight is 379 g/mol. The number of nitrogens with one attached hydrogen (secondary N) is 1. The second kappa shape index (κ2) is 7.06. The molecule has 1 fully saturated rings. The zero-order valence-corrected chi connectivity index (χ0v) is 15.4. The average Bonchev–Trinajstić information content (AvgIpc) is 3.11. The summed E-state index contributed by atoms with van der Waals surface area (Å²) in [6.07, 6.45) is 1.95. The fourth-order valence-corrected chi connectivity index (χ4v) is 4.16. The Morgan fingerprint density at radius 1 is 1.08 bits per heavy atom. The van der Waals surface area contributed by atoms with Crippen LogP contribution >= 0.6 is 11.6 Å². The maximum Gasteiger partial charge on any atom is 0.261 e. The summed E-state index contributed by atoms with van der Waals surface area (Å²) in [7, 11) is -3.81. The van der Waals surface area contributed by atoms with Crippen LogP contribution in [0.1, 0.15) is 28.8 Å². The highest BCUT2D eigenvalue weighted by molar-refractivity contribution is 7.92. The molecule has 0 bridgehead atoms. The van der Waals surface area contributed by atoms with Crippen LogP contribution in [0.25, 0.3) is 0 Å². The number of hydrogen-bond donors (Lipinski definition) is 1. The molecule has 0 spiro atoms. The lowest BCUT2D eigenvalue weighted by atomic mass is 10.1. The van der Waals surface area contributed by atoms with Gasteiger partial charge in [0, 0.05) is 18.1 Å². The van der Waals surface area contributed by atoms with E-state index < -0.39 is 10.0 Å². The van der Waals surface area contributed by atoms with Gasteiger partial charge in [0.2, 0.25) is 0 Å². The molecule has 1 amide bonds. The number of para-hydroxylation sites is 1. The molecule has 0 aliphatic carbocycles. The van der Waals surface area contributed by atoms with Gasteiger partial charge < -0.3 is 4.90 Å². The van der Waals surface area contributed by atoms with Crippen LogP contribution in [0.2, 0.25) is 5.02 Å². The monoisotopic (exact) mass is 378 g/mol. The third-order valence-electron chi connectivity index (χ3n) is 4.26. The number of aryl methyl sites for hydroxylation is 1. The van der Waals surface area contributed by atoms with Crippen molar-refractivity contribution in [2.75, 3.05) is 17.8 Å². The van der Waals surface area contributed by atoms with Crippen LogP contribution in [0, 0.1) is 6.92 Å². The summed E-state index contributed by atoms with van der Waals surface area (Å²) in [6, 6.07) is 11.1. The Labute approximate surface area is 152 Å². The second-order valence-corrected chi connectivity index (χ2v) is 8.18. The zero-order chi connectivity index (χ0) is 18.0. The molecule has 25 heavy (non-hydrogen) atoms. The van der Waals surface area contributed by atoms with Gasteiger partial charge in [-0.05, 0) is 55.7 Å². The number of rotatable bonds is 4. The van der Waals surface area contributed by atoms with Crippen molar-refractivity contribution in [3.63, 3.8) is 0 Å². The third kappa shape index (κ3) is 3.80. The van der Waals surface area contributed by atoms with Gasteiger partial charge in [-0.2, -0.15) is 0 Å². The Hall–Kier alpha value is -2.05. The summed E-state index contributed by atoms with van der Waals surface area (Å²) in [5, 5.41) is 0.458. The van der Waals surface area contributed by atoms with Crippen molar-refractivity contribution in [1.82, 2.24) is 4.90 Å². The first-order chi connectivity index (χ1) is 11.9. The van der Waals surface area contributed by atoms with Crippen molar-refractivity contribution in [3.05, 3.63) is 58.6 Å². The molecule has 0 unspecified atom stereocenters. The number of benzene rings is 2. The number of anilines is 1. The molecule has 1 N–H and O–H groups in total. The van der Waals surface area contributed by atoms with Crippen molar-refractivity contribution >= 4 is 33.2 Å². The number of hydrogen-bond acceptors (Lipinski definition) is 3. The number of carbonyl (C=O) groups excluding carboxylic acids is 1. The number of carbonyl (C=O) groups is 1. The van der Waals surface area contributed by atoms with Crippen LogP contribution in [-0.4, -0.2) is 32.3 Å². The van der Waals surface area contributed by atoms with Crippen LogP contribution in [0.15, 0.2) is 47.4 Å². The summed E-state index contributed by atoms with van der Waals surface area (Å²) in [5.41, 5.74) is 1.40. The molecular weight excluding hydrogens is 360 g/mol. The molecule has 0 radical (unpaired) electrons. The molecule has 0 aromatic heterocycles. The quantitative estimate of drug-likeness (QED) is 0.882. The molecular formula is C18H19ClN2O3S. The van der Waals surface area contributed by atoms with Crippen molar-refractivity contribution in [2.24, 2.45) is 0 Å². The Balaban J connectivity index is 1.96. The van der Waals surface area contributed by atoms with Gasteiger partial charge in [0.05, 0.1) is 16.1 Å². The van der Waals surface area contributed by atoms with Crippen LogP contribution in [0.5, 0.6) is 0 Å². The van der Waals surface area contributed by atoms with E-state index in [9.17, 15) is 13.2 Å². The fourth-order valence-electron chi connectivity index (χ4n) is 2.88. The maximum atomic E-state index is 12.8. The predicted molar refractivity (Wildman–Crippen MR) is 98.6 cm³/mol. The minimum absolute atomic E-state index is 0.0970. The normalized spacial score (nSPS) is 14.6. The Bertz CT molecular complexity index is 889. The van der Waals surface area contributed by atoms with Crippen LogP contribution in [-0.2, 0) is 10.0 Å². The SMILES string of the molecule is Cc1cccc(C(=O)N2CCCC2)c1NS(=O)(=O)c1ccc(Cl)cc1. The van der Waals surface area contributed by atoms with Gasteiger partial charge in [-0.15, -0.1) is 0 Å². The number of sulfonamides is 1. The summed E-state index contributed by atoms with van der Waals surface area (Å²) in [6.45, 7) is 3.19. The van der Waals surface area contributed by atoms with Gasteiger partial charge in [-0.25, -0.2) is 8.42 Å². The lowest BCUT2D eigenvalue weighted by Gasteiger charge is -2.19. The molecule has 1 saturated heterocycles. The first-order valence-corrected chi connectivity index (χ1v) is 9.92. The molecule has 132 valence electrons. The van der Waals surface area contributed by atoms with Crippen LogP contribution < -0.4 is 4.72 Å². The van der Waals surface area contributed by atoms with E-state index >= 15 is 0 Å². The smallest absolute Gasteiger partial charge is 0.261 e. The van der Waals surface area contributed by atoms with Gasteiger partial charge in [0.1, 0.15) is 0 Å². The first-order valence-electron chi connectivity index (χ1n) is 8.06. The number of amides is 1. The lowest BCUT2D eigenvalue weighted by molar-refractivity contribution is 0.0794. The fraction of sp³-hybridized carbons (Fsp3) is 0.278. The standard InChI is InChI=1S/C18H19ClN2O3S/c1-13-5-4-6-16(18(22)21-11-2-3-12-21)17(13)20-25(23,24)15-9-7-14(19)8-10-15/h4-10,20H,2-3,11-12H2,1H3.